The van der Waals surface area contributed by atoms with Gasteiger partial charge in [0.25, 0.3) is 0 Å². The Balaban J connectivity index is 3.32. The molecule has 0 aliphatic rings. The van der Waals surface area contributed by atoms with Crippen molar-refractivity contribution in [3.63, 3.8) is 0 Å². The number of nitrogens with one attached hydrogen (secondary N) is 1. The third-order valence-corrected chi connectivity index (χ3v) is 3.17. The molecule has 0 fully saturated rings. The van der Waals surface area contributed by atoms with Crippen molar-refractivity contribution >= 4 is 17.7 Å². The topological polar surface area (TPSA) is 56.8 Å². The van der Waals surface area contributed by atoms with Crippen molar-refractivity contribution in [1.29, 1.82) is 0 Å². The Labute approximate surface area is 132 Å². The van der Waals surface area contributed by atoms with Gasteiger partial charge in [-0.1, -0.05) is 6.92 Å². The van der Waals surface area contributed by atoms with E-state index in [-0.39, 0.29) is 5.97 Å². The second kappa shape index (κ2) is 8.97. The van der Waals surface area contributed by atoms with E-state index in [0.717, 1.165) is 17.8 Å². The molecule has 0 bridgehead atoms. The summed E-state index contributed by atoms with van der Waals surface area (Å²) in [6.07, 6.45) is 2.43. The number of benzene rings is 1. The molecule has 0 aromatic heterocycles. The molecular weight excluding hydrogens is 282 g/mol. The summed E-state index contributed by atoms with van der Waals surface area (Å²) in [6, 6.07) is 3.72. The second-order valence-corrected chi connectivity index (χ2v) is 4.57. The van der Waals surface area contributed by atoms with Crippen LogP contribution in [0.1, 0.15) is 32.8 Å². The highest BCUT2D eigenvalue weighted by molar-refractivity contribution is 5.95. The lowest BCUT2D eigenvalue weighted by Crippen LogP contribution is -2.07. The van der Waals surface area contributed by atoms with Crippen LogP contribution in [0.5, 0.6) is 11.5 Å². The van der Waals surface area contributed by atoms with Crippen LogP contribution in [0.3, 0.4) is 0 Å². The van der Waals surface area contributed by atoms with E-state index in [2.05, 4.69) is 5.32 Å². The van der Waals surface area contributed by atoms with Gasteiger partial charge >= 0.3 is 5.97 Å². The van der Waals surface area contributed by atoms with Gasteiger partial charge in [-0.2, -0.15) is 0 Å². The van der Waals surface area contributed by atoms with Crippen LogP contribution in [0, 0.1) is 0 Å². The molecule has 5 heteroatoms. The van der Waals surface area contributed by atoms with Gasteiger partial charge in [-0.25, -0.2) is 4.79 Å². The van der Waals surface area contributed by atoms with Crippen molar-refractivity contribution in [1.82, 2.24) is 0 Å². The minimum Gasteiger partial charge on any atom is -0.493 e. The fourth-order valence-electron chi connectivity index (χ4n) is 2.07. The third-order valence-electron chi connectivity index (χ3n) is 3.17. The maximum Gasteiger partial charge on any atom is 0.333 e. The average Bonchev–Trinajstić information content (AvgIpc) is 2.53. The fraction of sp³-hybridized carbons (Fsp3) is 0.471. The first-order valence-corrected chi connectivity index (χ1v) is 7.48. The van der Waals surface area contributed by atoms with Gasteiger partial charge in [0, 0.05) is 29.4 Å². The van der Waals surface area contributed by atoms with E-state index >= 15 is 0 Å². The van der Waals surface area contributed by atoms with Gasteiger partial charge in [-0.3, -0.25) is 0 Å². The van der Waals surface area contributed by atoms with Gasteiger partial charge in [0.15, 0.2) is 11.5 Å². The Morgan fingerprint density at radius 1 is 1.14 bits per heavy atom. The first-order valence-electron chi connectivity index (χ1n) is 7.48. The lowest BCUT2D eigenvalue weighted by atomic mass is 10.1. The zero-order chi connectivity index (χ0) is 16.5. The molecule has 5 nitrogen and oxygen atoms in total. The summed E-state index contributed by atoms with van der Waals surface area (Å²) in [4.78, 5) is 12.0. The molecule has 22 heavy (non-hydrogen) atoms. The number of methoxy groups -OCH3 is 2. The van der Waals surface area contributed by atoms with E-state index in [9.17, 15) is 4.79 Å². The molecule has 0 radical (unpaired) electrons. The Morgan fingerprint density at radius 2 is 1.77 bits per heavy atom. The zero-order valence-corrected chi connectivity index (χ0v) is 14.0. The maximum absolute atomic E-state index is 12.0. The predicted molar refractivity (Wildman–Crippen MR) is 88.6 cm³/mol. The summed E-state index contributed by atoms with van der Waals surface area (Å²) in [5, 5.41) is 3.27. The molecular formula is C17H25NO4. The zero-order valence-electron chi connectivity index (χ0n) is 14.0. The van der Waals surface area contributed by atoms with Gasteiger partial charge in [0.2, 0.25) is 0 Å². The van der Waals surface area contributed by atoms with Crippen LogP contribution in [0.25, 0.3) is 6.08 Å². The maximum atomic E-state index is 12.0. The molecule has 1 aromatic carbocycles. The van der Waals surface area contributed by atoms with Crippen molar-refractivity contribution in [3.05, 3.63) is 23.3 Å². The lowest BCUT2D eigenvalue weighted by Gasteiger charge is -2.14. The Morgan fingerprint density at radius 3 is 2.27 bits per heavy atom. The van der Waals surface area contributed by atoms with Crippen molar-refractivity contribution in [2.75, 3.05) is 32.7 Å². The van der Waals surface area contributed by atoms with E-state index < -0.39 is 0 Å². The SMILES string of the molecule is CCNc1cc(OC)c(OC)cc1/C=C(\CC)C(=O)OCC. The van der Waals surface area contributed by atoms with Crippen LogP contribution in [0.4, 0.5) is 5.69 Å². The number of ether oxygens (including phenoxy) is 3. The van der Waals surface area contributed by atoms with Crippen LogP contribution in [0.15, 0.2) is 17.7 Å². The fourth-order valence-corrected chi connectivity index (χ4v) is 2.07. The minimum atomic E-state index is -0.290. The van der Waals surface area contributed by atoms with E-state index in [1.54, 1.807) is 21.1 Å². The summed E-state index contributed by atoms with van der Waals surface area (Å²) in [6.45, 7) is 6.86. The number of carbonyl (C=O) groups excluding carboxylic acids is 1. The summed E-state index contributed by atoms with van der Waals surface area (Å²) in [7, 11) is 3.18. The van der Waals surface area contributed by atoms with Gasteiger partial charge in [0.05, 0.1) is 20.8 Å². The van der Waals surface area contributed by atoms with Crippen molar-refractivity contribution < 1.29 is 19.0 Å². The lowest BCUT2D eigenvalue weighted by molar-refractivity contribution is -0.138. The Kier molecular flexibility index (Phi) is 7.29. The first kappa shape index (κ1) is 17.9. The molecule has 0 aliphatic heterocycles. The molecule has 0 saturated heterocycles. The molecule has 0 saturated carbocycles. The van der Waals surface area contributed by atoms with E-state index in [4.69, 9.17) is 14.2 Å². The summed E-state index contributed by atoms with van der Waals surface area (Å²) in [5.41, 5.74) is 2.37. The van der Waals surface area contributed by atoms with Gasteiger partial charge < -0.3 is 19.5 Å². The average molecular weight is 307 g/mol. The van der Waals surface area contributed by atoms with Crippen LogP contribution >= 0.6 is 0 Å². The van der Waals surface area contributed by atoms with Crippen LogP contribution in [-0.4, -0.2) is 33.3 Å². The van der Waals surface area contributed by atoms with Gasteiger partial charge in [-0.05, 0) is 32.4 Å². The van der Waals surface area contributed by atoms with Crippen molar-refractivity contribution in [2.24, 2.45) is 0 Å². The van der Waals surface area contributed by atoms with E-state index in [0.29, 0.717) is 30.1 Å². The normalized spacial score (nSPS) is 11.0. The number of rotatable bonds is 8. The molecule has 0 atom stereocenters. The molecule has 1 N–H and O–H groups in total. The first-order chi connectivity index (χ1) is 10.6. The smallest absolute Gasteiger partial charge is 0.333 e. The van der Waals surface area contributed by atoms with Crippen LogP contribution in [0.2, 0.25) is 0 Å². The highest BCUT2D eigenvalue weighted by Crippen LogP contribution is 2.34. The second-order valence-electron chi connectivity index (χ2n) is 4.57. The molecule has 0 heterocycles. The van der Waals surface area contributed by atoms with Crippen LogP contribution < -0.4 is 14.8 Å². The monoisotopic (exact) mass is 307 g/mol. The number of carbonyl (C=O) groups is 1. The number of esters is 1. The Bertz CT molecular complexity index is 538. The largest absolute Gasteiger partial charge is 0.493 e. The highest BCUT2D eigenvalue weighted by atomic mass is 16.5. The summed E-state index contributed by atoms with van der Waals surface area (Å²) in [5.74, 6) is 0.974. The number of hydrogen-bond donors (Lipinski definition) is 1. The predicted octanol–water partition coefficient (Wildman–Crippen LogP) is 3.49. The van der Waals surface area contributed by atoms with Crippen molar-refractivity contribution in [3.8, 4) is 11.5 Å². The third kappa shape index (κ3) is 4.41. The number of anilines is 1. The van der Waals surface area contributed by atoms with Crippen LogP contribution in [-0.2, 0) is 9.53 Å². The highest BCUT2D eigenvalue weighted by Gasteiger charge is 2.13. The van der Waals surface area contributed by atoms with E-state index in [1.807, 2.05) is 32.1 Å². The quantitative estimate of drug-likeness (QED) is 0.588. The number of hydrogen-bond acceptors (Lipinski definition) is 5. The molecule has 0 spiro atoms. The standard InChI is InChI=1S/C17H25NO4/c1-6-12(17(19)22-8-3)9-13-10-15(20-4)16(21-5)11-14(13)18-7-2/h9-11,18H,6-8H2,1-5H3/b12-9+. The Hall–Kier alpha value is -2.17. The molecule has 122 valence electrons. The van der Waals surface area contributed by atoms with Gasteiger partial charge in [-0.15, -0.1) is 0 Å². The molecule has 1 aromatic rings. The molecule has 0 amide bonds. The molecule has 0 unspecified atom stereocenters. The molecule has 1 rings (SSSR count). The van der Waals surface area contributed by atoms with E-state index in [1.165, 1.54) is 0 Å². The van der Waals surface area contributed by atoms with Crippen molar-refractivity contribution in [2.45, 2.75) is 27.2 Å². The molecule has 0 aliphatic carbocycles. The minimum absolute atomic E-state index is 0.290. The van der Waals surface area contributed by atoms with Gasteiger partial charge in [0.1, 0.15) is 0 Å². The summed E-state index contributed by atoms with van der Waals surface area (Å²) >= 11 is 0. The summed E-state index contributed by atoms with van der Waals surface area (Å²) < 4.78 is 15.7.